The van der Waals surface area contributed by atoms with E-state index in [1.54, 1.807) is 35.2 Å². The van der Waals surface area contributed by atoms with Crippen molar-refractivity contribution in [2.75, 3.05) is 0 Å². The quantitative estimate of drug-likeness (QED) is 0.787. The molecular formula is C12H10FN3. The summed E-state index contributed by atoms with van der Waals surface area (Å²) in [5.74, 6) is 0.150. The summed E-state index contributed by atoms with van der Waals surface area (Å²) in [6.07, 6.45) is 3.84. The Labute approximate surface area is 92.8 Å². The Bertz CT molecular complexity index is 523. The number of nitrogens with zero attached hydrogens (tertiary/aromatic N) is 3. The third-order valence-corrected chi connectivity index (χ3v) is 2.40. The second kappa shape index (κ2) is 4.58. The molecule has 4 heteroatoms. The van der Waals surface area contributed by atoms with Crippen molar-refractivity contribution in [3.63, 3.8) is 0 Å². The lowest BCUT2D eigenvalue weighted by molar-refractivity contribution is 0.592. The molecular weight excluding hydrogens is 205 g/mol. The molecule has 1 aromatic carbocycles. The highest BCUT2D eigenvalue weighted by Crippen LogP contribution is 2.08. The van der Waals surface area contributed by atoms with Crippen molar-refractivity contribution in [2.24, 2.45) is 0 Å². The minimum atomic E-state index is -0.207. The lowest BCUT2D eigenvalue weighted by atomic mass is 10.1. The van der Waals surface area contributed by atoms with E-state index >= 15 is 0 Å². The third-order valence-electron chi connectivity index (χ3n) is 2.40. The first-order valence-electron chi connectivity index (χ1n) is 4.96. The highest BCUT2D eigenvalue weighted by Gasteiger charge is 2.03. The van der Waals surface area contributed by atoms with Gasteiger partial charge in [0.2, 0.25) is 5.82 Å². The molecule has 0 N–H and O–H groups in total. The van der Waals surface area contributed by atoms with Gasteiger partial charge in [0.05, 0.1) is 0 Å². The average molecular weight is 215 g/mol. The summed E-state index contributed by atoms with van der Waals surface area (Å²) in [4.78, 5) is 3.88. The van der Waals surface area contributed by atoms with E-state index in [4.69, 9.17) is 5.26 Å². The van der Waals surface area contributed by atoms with Crippen molar-refractivity contribution in [1.82, 2.24) is 9.55 Å². The molecule has 3 nitrogen and oxygen atoms in total. The number of halogens is 1. The normalized spacial score (nSPS) is 10.0. The van der Waals surface area contributed by atoms with Crippen LogP contribution in [0.3, 0.4) is 0 Å². The molecule has 0 aliphatic heterocycles. The summed E-state index contributed by atoms with van der Waals surface area (Å²) in [6, 6.07) is 8.64. The maximum Gasteiger partial charge on any atom is 0.212 e. The van der Waals surface area contributed by atoms with Crippen LogP contribution in [0.1, 0.15) is 11.4 Å². The highest BCUT2D eigenvalue weighted by molar-refractivity contribution is 5.18. The molecule has 0 aliphatic carbocycles. The zero-order valence-corrected chi connectivity index (χ0v) is 8.60. The van der Waals surface area contributed by atoms with Gasteiger partial charge in [-0.25, -0.2) is 9.37 Å². The minimum Gasteiger partial charge on any atom is -0.322 e. The molecule has 0 spiro atoms. The van der Waals surface area contributed by atoms with E-state index < -0.39 is 0 Å². The summed E-state index contributed by atoms with van der Waals surface area (Å²) in [5, 5.41) is 8.75. The summed E-state index contributed by atoms with van der Waals surface area (Å²) in [7, 11) is 0. The van der Waals surface area contributed by atoms with Crippen molar-refractivity contribution in [2.45, 2.75) is 13.0 Å². The van der Waals surface area contributed by atoms with Crippen LogP contribution in [0.5, 0.6) is 0 Å². The number of aromatic nitrogens is 2. The van der Waals surface area contributed by atoms with Gasteiger partial charge >= 0.3 is 0 Å². The van der Waals surface area contributed by atoms with E-state index in [1.165, 1.54) is 6.07 Å². The molecule has 2 aromatic rings. The fourth-order valence-corrected chi connectivity index (χ4v) is 1.54. The molecule has 0 aliphatic rings. The number of rotatable bonds is 3. The molecule has 80 valence electrons. The summed E-state index contributed by atoms with van der Waals surface area (Å²) in [5.41, 5.74) is 0.653. The van der Waals surface area contributed by atoms with Crippen molar-refractivity contribution >= 4 is 0 Å². The molecule has 0 amide bonds. The summed E-state index contributed by atoms with van der Waals surface area (Å²) < 4.78 is 15.0. The Hall–Kier alpha value is -2.15. The van der Waals surface area contributed by atoms with Crippen LogP contribution in [-0.2, 0) is 13.0 Å². The third kappa shape index (κ3) is 2.09. The molecule has 1 aromatic heterocycles. The van der Waals surface area contributed by atoms with Gasteiger partial charge in [0.1, 0.15) is 11.9 Å². The summed E-state index contributed by atoms with van der Waals surface area (Å²) >= 11 is 0. The number of hydrogen-bond acceptors (Lipinski definition) is 2. The number of nitriles is 1. The maximum atomic E-state index is 13.3. The van der Waals surface area contributed by atoms with E-state index in [-0.39, 0.29) is 5.82 Å². The molecule has 0 unspecified atom stereocenters. The predicted octanol–water partition coefficient (Wildman–Crippen LogP) is 2.14. The SMILES string of the molecule is N#Cc1nccn1CCc1ccccc1F. The van der Waals surface area contributed by atoms with Gasteiger partial charge in [-0.15, -0.1) is 0 Å². The Morgan fingerprint density at radius 1 is 1.38 bits per heavy atom. The number of imidazole rings is 1. The van der Waals surface area contributed by atoms with E-state index in [2.05, 4.69) is 4.98 Å². The first-order chi connectivity index (χ1) is 7.81. The van der Waals surface area contributed by atoms with Crippen LogP contribution in [0.4, 0.5) is 4.39 Å². The number of benzene rings is 1. The fraction of sp³-hybridized carbons (Fsp3) is 0.167. The molecule has 0 saturated heterocycles. The predicted molar refractivity (Wildman–Crippen MR) is 57.0 cm³/mol. The number of hydrogen-bond donors (Lipinski definition) is 0. The van der Waals surface area contributed by atoms with Crippen LogP contribution in [0.15, 0.2) is 36.7 Å². The van der Waals surface area contributed by atoms with Crippen LogP contribution < -0.4 is 0 Å². The van der Waals surface area contributed by atoms with Crippen molar-refractivity contribution in [1.29, 1.82) is 5.26 Å². The Balaban J connectivity index is 2.09. The molecule has 0 atom stereocenters. The zero-order valence-electron chi connectivity index (χ0n) is 8.60. The van der Waals surface area contributed by atoms with Gasteiger partial charge in [-0.05, 0) is 18.1 Å². The fourth-order valence-electron chi connectivity index (χ4n) is 1.54. The van der Waals surface area contributed by atoms with Crippen LogP contribution >= 0.6 is 0 Å². The average Bonchev–Trinajstić information content (AvgIpc) is 2.75. The summed E-state index contributed by atoms with van der Waals surface area (Å²) in [6.45, 7) is 0.559. The highest BCUT2D eigenvalue weighted by atomic mass is 19.1. The lowest BCUT2D eigenvalue weighted by Crippen LogP contribution is -2.04. The van der Waals surface area contributed by atoms with E-state index in [0.717, 1.165) is 0 Å². The monoisotopic (exact) mass is 215 g/mol. The maximum absolute atomic E-state index is 13.3. The van der Waals surface area contributed by atoms with Gasteiger partial charge in [-0.1, -0.05) is 18.2 Å². The van der Waals surface area contributed by atoms with E-state index in [1.807, 2.05) is 6.07 Å². The van der Waals surface area contributed by atoms with Crippen LogP contribution in [0, 0.1) is 17.1 Å². The second-order valence-electron chi connectivity index (χ2n) is 3.40. The Kier molecular flexibility index (Phi) is 2.97. The van der Waals surface area contributed by atoms with Crippen LogP contribution in [-0.4, -0.2) is 9.55 Å². The van der Waals surface area contributed by atoms with Gasteiger partial charge in [-0.2, -0.15) is 5.26 Å². The van der Waals surface area contributed by atoms with Gasteiger partial charge in [0.25, 0.3) is 0 Å². The van der Waals surface area contributed by atoms with Crippen molar-refractivity contribution in [3.8, 4) is 6.07 Å². The van der Waals surface area contributed by atoms with Crippen LogP contribution in [0.2, 0.25) is 0 Å². The minimum absolute atomic E-state index is 0.207. The van der Waals surface area contributed by atoms with E-state index in [0.29, 0.717) is 24.4 Å². The van der Waals surface area contributed by atoms with Gasteiger partial charge in [0.15, 0.2) is 0 Å². The smallest absolute Gasteiger partial charge is 0.212 e. The molecule has 1 heterocycles. The molecule has 2 rings (SSSR count). The van der Waals surface area contributed by atoms with Gasteiger partial charge < -0.3 is 4.57 Å². The number of aryl methyl sites for hydroxylation is 2. The first kappa shape index (κ1) is 10.4. The van der Waals surface area contributed by atoms with Gasteiger partial charge in [-0.3, -0.25) is 0 Å². The van der Waals surface area contributed by atoms with Gasteiger partial charge in [0, 0.05) is 18.9 Å². The zero-order chi connectivity index (χ0) is 11.4. The molecule has 0 saturated carbocycles. The van der Waals surface area contributed by atoms with Crippen LogP contribution in [0.25, 0.3) is 0 Å². The second-order valence-corrected chi connectivity index (χ2v) is 3.40. The lowest BCUT2D eigenvalue weighted by Gasteiger charge is -2.04. The van der Waals surface area contributed by atoms with E-state index in [9.17, 15) is 4.39 Å². The topological polar surface area (TPSA) is 41.6 Å². The van der Waals surface area contributed by atoms with Crippen molar-refractivity contribution in [3.05, 3.63) is 53.9 Å². The standard InChI is InChI=1S/C12H10FN3/c13-11-4-2-1-3-10(11)5-7-16-8-6-15-12(16)9-14/h1-4,6,8H,5,7H2. The largest absolute Gasteiger partial charge is 0.322 e. The molecule has 0 bridgehead atoms. The molecule has 0 radical (unpaired) electrons. The Morgan fingerprint density at radius 3 is 2.94 bits per heavy atom. The first-order valence-corrected chi connectivity index (χ1v) is 4.96. The molecule has 16 heavy (non-hydrogen) atoms. The van der Waals surface area contributed by atoms with Crippen molar-refractivity contribution < 1.29 is 4.39 Å². The molecule has 0 fully saturated rings. The Morgan fingerprint density at radius 2 is 2.19 bits per heavy atom.